The molecule has 0 saturated heterocycles. The first-order chi connectivity index (χ1) is 10.4. The maximum Gasteiger partial charge on any atom is 0.274 e. The van der Waals surface area contributed by atoms with Gasteiger partial charge in [-0.3, -0.25) is 9.48 Å². The Kier molecular flexibility index (Phi) is 5.31. The molecule has 0 unspecified atom stereocenters. The third kappa shape index (κ3) is 3.53. The van der Waals surface area contributed by atoms with Gasteiger partial charge in [0.25, 0.3) is 5.91 Å². The predicted molar refractivity (Wildman–Crippen MR) is 85.6 cm³/mol. The number of benzene rings is 1. The first kappa shape index (κ1) is 16.6. The Labute approximate surface area is 136 Å². The SMILES string of the molecule is COCCn1ncc(C)c1C(=O)Nc1cc(C)c(Br)cc1F. The Morgan fingerprint density at radius 1 is 1.41 bits per heavy atom. The number of ether oxygens (including phenoxy) is 1. The molecule has 0 aliphatic carbocycles. The Morgan fingerprint density at radius 3 is 2.82 bits per heavy atom. The Bertz CT molecular complexity index is 700. The normalized spacial score (nSPS) is 10.8. The quantitative estimate of drug-likeness (QED) is 0.879. The van der Waals surface area contributed by atoms with Crippen LogP contribution in [0.25, 0.3) is 0 Å². The van der Waals surface area contributed by atoms with Crippen LogP contribution in [0.5, 0.6) is 0 Å². The van der Waals surface area contributed by atoms with Crippen molar-refractivity contribution in [1.82, 2.24) is 9.78 Å². The minimum absolute atomic E-state index is 0.143. The Balaban J connectivity index is 2.26. The van der Waals surface area contributed by atoms with E-state index in [-0.39, 0.29) is 5.69 Å². The molecule has 1 aromatic heterocycles. The molecule has 1 amide bonds. The number of anilines is 1. The summed E-state index contributed by atoms with van der Waals surface area (Å²) in [6.45, 7) is 4.50. The van der Waals surface area contributed by atoms with Crippen LogP contribution < -0.4 is 5.32 Å². The lowest BCUT2D eigenvalue weighted by molar-refractivity contribution is 0.101. The van der Waals surface area contributed by atoms with Gasteiger partial charge >= 0.3 is 0 Å². The van der Waals surface area contributed by atoms with Gasteiger partial charge in [0.05, 0.1) is 25.0 Å². The van der Waals surface area contributed by atoms with Gasteiger partial charge in [0.1, 0.15) is 11.5 Å². The maximum atomic E-state index is 13.9. The molecular formula is C15H17BrFN3O2. The molecule has 1 N–H and O–H groups in total. The van der Waals surface area contributed by atoms with Crippen LogP contribution in [0.1, 0.15) is 21.6 Å². The molecule has 0 radical (unpaired) electrons. The molecule has 0 aliphatic rings. The van der Waals surface area contributed by atoms with E-state index in [1.54, 1.807) is 31.0 Å². The van der Waals surface area contributed by atoms with E-state index in [9.17, 15) is 9.18 Å². The summed E-state index contributed by atoms with van der Waals surface area (Å²) >= 11 is 3.26. The van der Waals surface area contributed by atoms with Crippen molar-refractivity contribution in [3.8, 4) is 0 Å². The lowest BCUT2D eigenvalue weighted by Gasteiger charge is -2.11. The number of hydrogen-bond acceptors (Lipinski definition) is 3. The van der Waals surface area contributed by atoms with Gasteiger partial charge in [-0.1, -0.05) is 15.9 Å². The topological polar surface area (TPSA) is 56.2 Å². The van der Waals surface area contributed by atoms with Crippen molar-refractivity contribution in [1.29, 1.82) is 0 Å². The van der Waals surface area contributed by atoms with Crippen LogP contribution in [0.3, 0.4) is 0 Å². The van der Waals surface area contributed by atoms with Crippen molar-refractivity contribution in [3.05, 3.63) is 45.4 Å². The van der Waals surface area contributed by atoms with E-state index < -0.39 is 11.7 Å². The molecule has 1 aromatic carbocycles. The second-order valence-corrected chi connectivity index (χ2v) is 5.78. The molecule has 0 spiro atoms. The number of amides is 1. The monoisotopic (exact) mass is 369 g/mol. The van der Waals surface area contributed by atoms with E-state index in [0.717, 1.165) is 11.1 Å². The molecule has 0 aliphatic heterocycles. The summed E-state index contributed by atoms with van der Waals surface area (Å²) in [4.78, 5) is 12.4. The molecule has 5 nitrogen and oxygen atoms in total. The Morgan fingerprint density at radius 2 is 2.14 bits per heavy atom. The number of aromatic nitrogens is 2. The summed E-state index contributed by atoms with van der Waals surface area (Å²) in [5, 5.41) is 6.75. The summed E-state index contributed by atoms with van der Waals surface area (Å²) in [5.74, 6) is -0.891. The number of methoxy groups -OCH3 is 1. The first-order valence-corrected chi connectivity index (χ1v) is 7.51. The van der Waals surface area contributed by atoms with Gasteiger partial charge < -0.3 is 10.1 Å². The van der Waals surface area contributed by atoms with E-state index in [1.165, 1.54) is 6.07 Å². The number of hydrogen-bond donors (Lipinski definition) is 1. The van der Waals surface area contributed by atoms with E-state index >= 15 is 0 Å². The zero-order valence-electron chi connectivity index (χ0n) is 12.6. The Hall–Kier alpha value is -1.73. The minimum atomic E-state index is -0.494. The lowest BCUT2D eigenvalue weighted by atomic mass is 10.2. The van der Waals surface area contributed by atoms with Gasteiger partial charge in [-0.2, -0.15) is 5.10 Å². The molecule has 1 heterocycles. The van der Waals surface area contributed by atoms with Gasteiger partial charge in [-0.15, -0.1) is 0 Å². The van der Waals surface area contributed by atoms with Crippen molar-refractivity contribution in [2.24, 2.45) is 0 Å². The largest absolute Gasteiger partial charge is 0.383 e. The number of nitrogens with zero attached hydrogens (tertiary/aromatic N) is 2. The van der Waals surface area contributed by atoms with E-state index in [1.807, 2.05) is 6.92 Å². The molecule has 22 heavy (non-hydrogen) atoms. The molecule has 0 atom stereocenters. The van der Waals surface area contributed by atoms with Gasteiger partial charge in [-0.05, 0) is 37.1 Å². The highest BCUT2D eigenvalue weighted by Gasteiger charge is 2.18. The average molecular weight is 370 g/mol. The molecule has 2 aromatic rings. The second-order valence-electron chi connectivity index (χ2n) is 4.93. The summed E-state index contributed by atoms with van der Waals surface area (Å²) in [6.07, 6.45) is 1.60. The third-order valence-corrected chi connectivity index (χ3v) is 4.10. The second kappa shape index (κ2) is 7.02. The van der Waals surface area contributed by atoms with Crippen molar-refractivity contribution < 1.29 is 13.9 Å². The number of aryl methyl sites for hydroxylation is 2. The summed E-state index contributed by atoms with van der Waals surface area (Å²) in [5.41, 5.74) is 2.10. The summed E-state index contributed by atoms with van der Waals surface area (Å²) < 4.78 is 21.2. The molecule has 0 bridgehead atoms. The van der Waals surface area contributed by atoms with Gasteiger partial charge in [0.15, 0.2) is 0 Å². The van der Waals surface area contributed by atoms with Crippen LogP contribution >= 0.6 is 15.9 Å². The fraction of sp³-hybridized carbons (Fsp3) is 0.333. The van der Waals surface area contributed by atoms with E-state index in [2.05, 4.69) is 26.3 Å². The van der Waals surface area contributed by atoms with Crippen LogP contribution in [0, 0.1) is 19.7 Å². The number of carbonyl (C=O) groups is 1. The standard InChI is InChI=1S/C15H17BrFN3O2/c1-9-6-13(12(17)7-11(9)16)19-15(21)14-10(2)8-18-20(14)4-5-22-3/h6-8H,4-5H2,1-3H3,(H,19,21). The molecule has 7 heteroatoms. The van der Waals surface area contributed by atoms with Crippen molar-refractivity contribution in [2.75, 3.05) is 19.0 Å². The fourth-order valence-corrected chi connectivity index (χ4v) is 2.37. The maximum absolute atomic E-state index is 13.9. The number of rotatable bonds is 5. The highest BCUT2D eigenvalue weighted by Crippen LogP contribution is 2.24. The summed E-state index contributed by atoms with van der Waals surface area (Å²) in [7, 11) is 1.58. The average Bonchev–Trinajstić information content (AvgIpc) is 2.83. The molecule has 2 rings (SSSR count). The smallest absolute Gasteiger partial charge is 0.274 e. The van der Waals surface area contributed by atoms with Crippen molar-refractivity contribution in [2.45, 2.75) is 20.4 Å². The zero-order valence-corrected chi connectivity index (χ0v) is 14.2. The molecule has 118 valence electrons. The van der Waals surface area contributed by atoms with Crippen LogP contribution in [-0.2, 0) is 11.3 Å². The first-order valence-electron chi connectivity index (χ1n) is 6.72. The van der Waals surface area contributed by atoms with Crippen LogP contribution in [0.2, 0.25) is 0 Å². The van der Waals surface area contributed by atoms with Gasteiger partial charge in [0, 0.05) is 11.6 Å². The van der Waals surface area contributed by atoms with Gasteiger partial charge in [-0.25, -0.2) is 4.39 Å². The molecule has 0 fully saturated rings. The predicted octanol–water partition coefficient (Wildman–Crippen LogP) is 3.30. The third-order valence-electron chi connectivity index (χ3n) is 3.24. The van der Waals surface area contributed by atoms with Crippen LogP contribution in [0.4, 0.5) is 10.1 Å². The zero-order chi connectivity index (χ0) is 16.3. The van der Waals surface area contributed by atoms with Crippen LogP contribution in [0.15, 0.2) is 22.8 Å². The summed E-state index contributed by atoms with van der Waals surface area (Å²) in [6, 6.07) is 2.92. The highest BCUT2D eigenvalue weighted by atomic mass is 79.9. The van der Waals surface area contributed by atoms with Crippen LogP contribution in [-0.4, -0.2) is 29.4 Å². The number of nitrogens with one attached hydrogen (secondary N) is 1. The number of carbonyl (C=O) groups excluding carboxylic acids is 1. The number of halogens is 2. The van der Waals surface area contributed by atoms with E-state index in [4.69, 9.17) is 4.74 Å². The minimum Gasteiger partial charge on any atom is -0.383 e. The van der Waals surface area contributed by atoms with Gasteiger partial charge in [0.2, 0.25) is 0 Å². The highest BCUT2D eigenvalue weighted by molar-refractivity contribution is 9.10. The molecular weight excluding hydrogens is 353 g/mol. The fourth-order valence-electron chi connectivity index (χ4n) is 2.06. The molecule has 0 saturated carbocycles. The van der Waals surface area contributed by atoms with Crippen molar-refractivity contribution >= 4 is 27.5 Å². The van der Waals surface area contributed by atoms with Crippen molar-refractivity contribution in [3.63, 3.8) is 0 Å². The van der Waals surface area contributed by atoms with E-state index in [0.29, 0.717) is 23.3 Å². The lowest BCUT2D eigenvalue weighted by Crippen LogP contribution is -2.21.